The predicted molar refractivity (Wildman–Crippen MR) is 113 cm³/mol. The second-order valence-corrected chi connectivity index (χ2v) is 8.24. The minimum atomic E-state index is -0.757. The zero-order chi connectivity index (χ0) is 21.2. The van der Waals surface area contributed by atoms with Crippen molar-refractivity contribution in [2.45, 2.75) is 79.1 Å². The van der Waals surface area contributed by atoms with Crippen LogP contribution in [0.5, 0.6) is 0 Å². The fraction of sp³-hybridized carbons (Fsp3) is 0.583. The standard InChI is InChI=1S/C24H36O4/c1-6-7-13-24(4,5)23(27)16-22(26)15-21(25)14-18(2)19(3)28-17-20-11-9-8-10-12-20/h7-13,18-19,21,25H,6,14-17H2,1-5H3/b13-7+/t18-,19-,21-/m1/s1. The van der Waals surface area contributed by atoms with E-state index < -0.39 is 11.5 Å². The average Bonchev–Trinajstić information content (AvgIpc) is 2.64. The van der Waals surface area contributed by atoms with Gasteiger partial charge in [0, 0.05) is 11.8 Å². The second kappa shape index (κ2) is 11.9. The summed E-state index contributed by atoms with van der Waals surface area (Å²) in [6.07, 6.45) is 4.20. The van der Waals surface area contributed by atoms with Crippen LogP contribution in [0, 0.1) is 11.3 Å². The first kappa shape index (κ1) is 24.3. The van der Waals surface area contributed by atoms with Gasteiger partial charge in [-0.25, -0.2) is 0 Å². The van der Waals surface area contributed by atoms with Gasteiger partial charge < -0.3 is 9.84 Å². The van der Waals surface area contributed by atoms with Crippen LogP contribution in [0.25, 0.3) is 0 Å². The number of aliphatic hydroxyl groups is 1. The van der Waals surface area contributed by atoms with E-state index >= 15 is 0 Å². The highest BCUT2D eigenvalue weighted by Gasteiger charge is 2.27. The van der Waals surface area contributed by atoms with Gasteiger partial charge in [-0.3, -0.25) is 9.59 Å². The molecular formula is C24H36O4. The summed E-state index contributed by atoms with van der Waals surface area (Å²) >= 11 is 0. The number of carbonyl (C=O) groups is 2. The molecule has 0 aliphatic carbocycles. The van der Waals surface area contributed by atoms with E-state index in [1.54, 1.807) is 0 Å². The van der Waals surface area contributed by atoms with Gasteiger partial charge in [0.1, 0.15) is 11.6 Å². The highest BCUT2D eigenvalue weighted by Crippen LogP contribution is 2.22. The highest BCUT2D eigenvalue weighted by atomic mass is 16.5. The largest absolute Gasteiger partial charge is 0.393 e. The molecule has 156 valence electrons. The number of Topliss-reactive ketones (excluding diaryl/α,β-unsaturated/α-hetero) is 2. The maximum absolute atomic E-state index is 12.3. The lowest BCUT2D eigenvalue weighted by Gasteiger charge is -2.23. The molecule has 1 aromatic rings. The monoisotopic (exact) mass is 388 g/mol. The Balaban J connectivity index is 2.40. The second-order valence-electron chi connectivity index (χ2n) is 8.24. The summed E-state index contributed by atoms with van der Waals surface area (Å²) in [5, 5.41) is 10.3. The molecule has 0 saturated heterocycles. The lowest BCUT2D eigenvalue weighted by Crippen LogP contribution is -2.28. The van der Waals surface area contributed by atoms with Crippen molar-refractivity contribution in [3.8, 4) is 0 Å². The Morgan fingerprint density at radius 2 is 1.82 bits per heavy atom. The molecule has 0 fully saturated rings. The summed E-state index contributed by atoms with van der Waals surface area (Å²) < 4.78 is 5.88. The predicted octanol–water partition coefficient (Wildman–Crippen LogP) is 4.89. The van der Waals surface area contributed by atoms with Gasteiger partial charge in [-0.15, -0.1) is 0 Å². The fourth-order valence-corrected chi connectivity index (χ4v) is 2.92. The molecule has 0 bridgehead atoms. The number of hydrogen-bond donors (Lipinski definition) is 1. The molecule has 1 N–H and O–H groups in total. The van der Waals surface area contributed by atoms with Crippen LogP contribution in [0.3, 0.4) is 0 Å². The van der Waals surface area contributed by atoms with Crippen molar-refractivity contribution in [2.75, 3.05) is 0 Å². The van der Waals surface area contributed by atoms with Gasteiger partial charge >= 0.3 is 0 Å². The lowest BCUT2D eigenvalue weighted by atomic mass is 9.84. The normalized spacial score (nSPS) is 15.4. The fourth-order valence-electron chi connectivity index (χ4n) is 2.92. The summed E-state index contributed by atoms with van der Waals surface area (Å²) in [7, 11) is 0. The Labute approximate surface area is 170 Å². The zero-order valence-corrected chi connectivity index (χ0v) is 18.0. The van der Waals surface area contributed by atoms with Crippen LogP contribution in [0.2, 0.25) is 0 Å². The van der Waals surface area contributed by atoms with Gasteiger partial charge in [0.25, 0.3) is 0 Å². The third kappa shape index (κ3) is 8.94. The molecule has 0 heterocycles. The maximum Gasteiger partial charge on any atom is 0.149 e. The molecule has 0 aliphatic heterocycles. The topological polar surface area (TPSA) is 63.6 Å². The van der Waals surface area contributed by atoms with E-state index in [1.165, 1.54) is 0 Å². The molecule has 0 saturated carbocycles. The number of rotatable bonds is 13. The van der Waals surface area contributed by atoms with E-state index in [2.05, 4.69) is 0 Å². The lowest BCUT2D eigenvalue weighted by molar-refractivity contribution is -0.131. The van der Waals surface area contributed by atoms with E-state index in [0.29, 0.717) is 13.0 Å². The van der Waals surface area contributed by atoms with E-state index in [-0.39, 0.29) is 36.4 Å². The van der Waals surface area contributed by atoms with Gasteiger partial charge in [0.05, 0.1) is 25.2 Å². The summed E-state index contributed by atoms with van der Waals surface area (Å²) in [4.78, 5) is 24.5. The molecule has 0 unspecified atom stereocenters. The molecule has 0 amide bonds. The SMILES string of the molecule is CC/C=C/C(C)(C)C(=O)CC(=O)C[C@H](O)C[C@@H](C)[C@@H](C)OCc1ccccc1. The van der Waals surface area contributed by atoms with Gasteiger partial charge in [0.15, 0.2) is 0 Å². The number of ketones is 2. The number of hydrogen-bond acceptors (Lipinski definition) is 4. The van der Waals surface area contributed by atoms with Crippen LogP contribution in [0.15, 0.2) is 42.5 Å². The van der Waals surface area contributed by atoms with Crippen molar-refractivity contribution in [3.05, 3.63) is 48.0 Å². The van der Waals surface area contributed by atoms with Crippen LogP contribution < -0.4 is 0 Å². The first-order chi connectivity index (χ1) is 13.2. The van der Waals surface area contributed by atoms with Crippen LogP contribution in [0.1, 0.15) is 65.9 Å². The first-order valence-corrected chi connectivity index (χ1v) is 10.2. The van der Waals surface area contributed by atoms with Crippen molar-refractivity contribution < 1.29 is 19.4 Å². The van der Waals surface area contributed by atoms with Crippen LogP contribution in [-0.4, -0.2) is 28.9 Å². The van der Waals surface area contributed by atoms with E-state index in [0.717, 1.165) is 12.0 Å². The number of ether oxygens (including phenoxy) is 1. The Bertz CT molecular complexity index is 633. The van der Waals surface area contributed by atoms with Crippen molar-refractivity contribution in [1.29, 1.82) is 0 Å². The third-order valence-corrected chi connectivity index (χ3v) is 5.11. The number of aliphatic hydroxyl groups excluding tert-OH is 1. The first-order valence-electron chi connectivity index (χ1n) is 10.2. The number of allylic oxidation sites excluding steroid dienone is 2. The summed E-state index contributed by atoms with van der Waals surface area (Å²) in [6.45, 7) is 10.2. The highest BCUT2D eigenvalue weighted by molar-refractivity contribution is 6.02. The van der Waals surface area contributed by atoms with Gasteiger partial charge in [-0.2, -0.15) is 0 Å². The quantitative estimate of drug-likeness (QED) is 0.386. The Morgan fingerprint density at radius 1 is 1.18 bits per heavy atom. The van der Waals surface area contributed by atoms with Gasteiger partial charge in [0.2, 0.25) is 0 Å². The molecule has 1 aromatic carbocycles. The van der Waals surface area contributed by atoms with E-state index in [4.69, 9.17) is 4.74 Å². The Morgan fingerprint density at radius 3 is 2.43 bits per heavy atom. The number of benzene rings is 1. The van der Waals surface area contributed by atoms with Crippen molar-refractivity contribution >= 4 is 11.6 Å². The summed E-state index contributed by atoms with van der Waals surface area (Å²) in [5.41, 5.74) is 0.458. The van der Waals surface area contributed by atoms with Crippen LogP contribution >= 0.6 is 0 Å². The minimum Gasteiger partial charge on any atom is -0.393 e. The Kier molecular flexibility index (Phi) is 10.3. The van der Waals surface area contributed by atoms with Crippen LogP contribution in [0.4, 0.5) is 0 Å². The van der Waals surface area contributed by atoms with Crippen molar-refractivity contribution in [3.63, 3.8) is 0 Å². The average molecular weight is 389 g/mol. The molecular weight excluding hydrogens is 352 g/mol. The molecule has 1 rings (SSSR count). The summed E-state index contributed by atoms with van der Waals surface area (Å²) in [6, 6.07) is 9.94. The van der Waals surface area contributed by atoms with Crippen molar-refractivity contribution in [2.24, 2.45) is 11.3 Å². The van der Waals surface area contributed by atoms with Crippen molar-refractivity contribution in [1.82, 2.24) is 0 Å². The van der Waals surface area contributed by atoms with E-state index in [1.807, 2.05) is 77.1 Å². The molecule has 0 spiro atoms. The molecule has 28 heavy (non-hydrogen) atoms. The van der Waals surface area contributed by atoms with Crippen LogP contribution in [-0.2, 0) is 20.9 Å². The van der Waals surface area contributed by atoms with E-state index in [9.17, 15) is 14.7 Å². The van der Waals surface area contributed by atoms with Gasteiger partial charge in [-0.05, 0) is 45.1 Å². The Hall–Kier alpha value is -1.78. The molecule has 4 nitrogen and oxygen atoms in total. The molecule has 3 atom stereocenters. The zero-order valence-electron chi connectivity index (χ0n) is 18.0. The number of carbonyl (C=O) groups excluding carboxylic acids is 2. The summed E-state index contributed by atoms with van der Waals surface area (Å²) in [5.74, 6) is -0.214. The smallest absolute Gasteiger partial charge is 0.149 e. The molecule has 4 heteroatoms. The van der Waals surface area contributed by atoms with Gasteiger partial charge in [-0.1, -0.05) is 56.3 Å². The third-order valence-electron chi connectivity index (χ3n) is 5.11. The molecule has 0 aromatic heterocycles. The minimum absolute atomic E-state index is 0.00899. The maximum atomic E-state index is 12.3. The molecule has 0 aliphatic rings. The molecule has 0 radical (unpaired) electrons.